The number of carbonyl (C=O) groups is 1. The molecule has 0 aliphatic heterocycles. The number of nitrogens with one attached hydrogen (secondary N) is 1. The van der Waals surface area contributed by atoms with E-state index in [0.29, 0.717) is 24.5 Å². The highest BCUT2D eigenvalue weighted by Gasteiger charge is 2.08. The fourth-order valence-corrected chi connectivity index (χ4v) is 1.92. The zero-order valence-electron chi connectivity index (χ0n) is 12.2. The average Bonchev–Trinajstić information content (AvgIpc) is 2.46. The number of ether oxygens (including phenoxy) is 2. The van der Waals surface area contributed by atoms with Gasteiger partial charge < -0.3 is 14.8 Å². The van der Waals surface area contributed by atoms with E-state index in [1.54, 1.807) is 20.3 Å². The van der Waals surface area contributed by atoms with Gasteiger partial charge in [0.05, 0.1) is 20.6 Å². The Morgan fingerprint density at radius 3 is 2.60 bits per heavy atom. The molecular formula is C15H22ClNO3. The number of halogens is 1. The summed E-state index contributed by atoms with van der Waals surface area (Å²) in [6.07, 6.45) is 2.02. The van der Waals surface area contributed by atoms with Gasteiger partial charge in [-0.15, -0.1) is 11.6 Å². The van der Waals surface area contributed by atoms with Crippen molar-refractivity contribution in [3.63, 3.8) is 0 Å². The molecule has 0 saturated heterocycles. The molecule has 20 heavy (non-hydrogen) atoms. The fourth-order valence-electron chi connectivity index (χ4n) is 1.81. The molecule has 1 aromatic rings. The molecule has 0 bridgehead atoms. The van der Waals surface area contributed by atoms with E-state index in [2.05, 4.69) is 5.32 Å². The van der Waals surface area contributed by atoms with E-state index >= 15 is 0 Å². The van der Waals surface area contributed by atoms with Gasteiger partial charge in [0.1, 0.15) is 0 Å². The number of hydrogen-bond acceptors (Lipinski definition) is 3. The van der Waals surface area contributed by atoms with Crippen molar-refractivity contribution in [1.29, 1.82) is 0 Å². The molecule has 1 amide bonds. The number of carbonyl (C=O) groups excluding carboxylic acids is 1. The van der Waals surface area contributed by atoms with Crippen molar-refractivity contribution in [2.45, 2.75) is 31.6 Å². The third kappa shape index (κ3) is 5.29. The van der Waals surface area contributed by atoms with Crippen molar-refractivity contribution in [2.75, 3.05) is 20.8 Å². The molecule has 1 atom stereocenters. The first-order valence-electron chi connectivity index (χ1n) is 6.72. The van der Waals surface area contributed by atoms with E-state index in [1.807, 2.05) is 19.1 Å². The van der Waals surface area contributed by atoms with Crippen LogP contribution in [0, 0.1) is 0 Å². The van der Waals surface area contributed by atoms with Gasteiger partial charge in [0, 0.05) is 11.9 Å². The van der Waals surface area contributed by atoms with Crippen LogP contribution in [0.1, 0.15) is 25.3 Å². The highest BCUT2D eigenvalue weighted by molar-refractivity contribution is 6.20. The number of benzene rings is 1. The van der Waals surface area contributed by atoms with Crippen molar-refractivity contribution >= 4 is 17.5 Å². The van der Waals surface area contributed by atoms with E-state index in [1.165, 1.54) is 0 Å². The van der Waals surface area contributed by atoms with Crippen LogP contribution in [0.4, 0.5) is 0 Å². The molecule has 0 aromatic heterocycles. The van der Waals surface area contributed by atoms with Gasteiger partial charge in [0.15, 0.2) is 11.5 Å². The summed E-state index contributed by atoms with van der Waals surface area (Å²) >= 11 is 6.00. The first-order valence-corrected chi connectivity index (χ1v) is 7.16. The first-order chi connectivity index (χ1) is 9.60. The molecule has 0 saturated carbocycles. The van der Waals surface area contributed by atoms with E-state index in [4.69, 9.17) is 21.1 Å². The van der Waals surface area contributed by atoms with Crippen molar-refractivity contribution in [3.05, 3.63) is 23.8 Å². The number of rotatable bonds is 8. The van der Waals surface area contributed by atoms with Crippen molar-refractivity contribution in [2.24, 2.45) is 0 Å². The van der Waals surface area contributed by atoms with E-state index < -0.39 is 0 Å². The molecule has 1 aromatic carbocycles. The highest BCUT2D eigenvalue weighted by atomic mass is 35.5. The number of methoxy groups -OCH3 is 2. The van der Waals surface area contributed by atoms with Gasteiger partial charge in [-0.1, -0.05) is 13.0 Å². The van der Waals surface area contributed by atoms with Crippen molar-refractivity contribution in [3.8, 4) is 11.5 Å². The molecule has 1 unspecified atom stereocenters. The second-order valence-corrected chi connectivity index (χ2v) is 5.13. The van der Waals surface area contributed by atoms with Gasteiger partial charge in [-0.25, -0.2) is 0 Å². The summed E-state index contributed by atoms with van der Waals surface area (Å²) in [7, 11) is 3.16. The minimum Gasteiger partial charge on any atom is -0.493 e. The molecule has 1 rings (SSSR count). The normalized spacial score (nSPS) is 11.8. The van der Waals surface area contributed by atoms with E-state index in [9.17, 15) is 4.79 Å². The Morgan fingerprint density at radius 1 is 1.30 bits per heavy atom. The van der Waals surface area contributed by atoms with Gasteiger partial charge >= 0.3 is 0 Å². The maximum absolute atomic E-state index is 11.8. The molecule has 0 heterocycles. The van der Waals surface area contributed by atoms with Crippen LogP contribution in [-0.4, -0.2) is 32.0 Å². The topological polar surface area (TPSA) is 47.6 Å². The quantitative estimate of drug-likeness (QED) is 0.751. The monoisotopic (exact) mass is 299 g/mol. The number of hydrogen-bond donors (Lipinski definition) is 1. The van der Waals surface area contributed by atoms with Crippen LogP contribution in [-0.2, 0) is 11.2 Å². The first kappa shape index (κ1) is 16.6. The average molecular weight is 300 g/mol. The second kappa shape index (κ2) is 8.69. The summed E-state index contributed by atoms with van der Waals surface area (Å²) in [5.74, 6) is 1.27. The molecular weight excluding hydrogens is 278 g/mol. The minimum atomic E-state index is -0.0165. The molecule has 1 N–H and O–H groups in total. The lowest BCUT2D eigenvalue weighted by molar-refractivity contribution is -0.120. The molecule has 0 aliphatic carbocycles. The zero-order chi connectivity index (χ0) is 15.0. The van der Waals surface area contributed by atoms with Gasteiger partial charge in [-0.3, -0.25) is 4.79 Å². The van der Waals surface area contributed by atoms with E-state index in [-0.39, 0.29) is 11.3 Å². The maximum atomic E-state index is 11.8. The van der Waals surface area contributed by atoms with E-state index in [0.717, 1.165) is 18.4 Å². The minimum absolute atomic E-state index is 0.0165. The number of amides is 1. The summed E-state index contributed by atoms with van der Waals surface area (Å²) in [6, 6.07) is 5.47. The van der Waals surface area contributed by atoms with Crippen LogP contribution < -0.4 is 14.8 Å². The van der Waals surface area contributed by atoms with Crippen LogP contribution in [0.25, 0.3) is 0 Å². The lowest BCUT2D eigenvalue weighted by Gasteiger charge is -2.10. The summed E-state index contributed by atoms with van der Waals surface area (Å²) < 4.78 is 10.4. The molecule has 4 nitrogen and oxygen atoms in total. The summed E-state index contributed by atoms with van der Waals surface area (Å²) in [4.78, 5) is 11.8. The lowest BCUT2D eigenvalue weighted by atomic mass is 10.1. The van der Waals surface area contributed by atoms with Crippen LogP contribution in [0.2, 0.25) is 0 Å². The van der Waals surface area contributed by atoms with Gasteiger partial charge in [0.2, 0.25) is 5.91 Å². The third-order valence-electron chi connectivity index (χ3n) is 3.04. The van der Waals surface area contributed by atoms with Crippen LogP contribution in [0.15, 0.2) is 18.2 Å². The fraction of sp³-hybridized carbons (Fsp3) is 0.533. The highest BCUT2D eigenvalue weighted by Crippen LogP contribution is 2.27. The SMILES string of the molecule is CCC(Cl)CCNC(=O)Cc1ccc(OC)c(OC)c1. The Kier molecular flexibility index (Phi) is 7.23. The summed E-state index contributed by atoms with van der Waals surface area (Å²) in [5, 5.41) is 2.99. The Labute approximate surface area is 125 Å². The van der Waals surface area contributed by atoms with Gasteiger partial charge in [0.25, 0.3) is 0 Å². The Hall–Kier alpha value is -1.42. The van der Waals surface area contributed by atoms with Crippen LogP contribution >= 0.6 is 11.6 Å². The third-order valence-corrected chi connectivity index (χ3v) is 3.56. The standard InChI is InChI=1S/C15H22ClNO3/c1-4-12(16)7-8-17-15(18)10-11-5-6-13(19-2)14(9-11)20-3/h5-6,9,12H,4,7-8,10H2,1-3H3,(H,17,18). The maximum Gasteiger partial charge on any atom is 0.224 e. The second-order valence-electron chi connectivity index (χ2n) is 4.51. The Morgan fingerprint density at radius 2 is 2.00 bits per heavy atom. The Bertz CT molecular complexity index is 437. The summed E-state index contributed by atoms with van der Waals surface area (Å²) in [5.41, 5.74) is 0.887. The van der Waals surface area contributed by atoms with Crippen molar-refractivity contribution in [1.82, 2.24) is 5.32 Å². The molecule has 0 spiro atoms. The number of alkyl halides is 1. The molecule has 112 valence electrons. The van der Waals surface area contributed by atoms with Crippen molar-refractivity contribution < 1.29 is 14.3 Å². The molecule has 5 heteroatoms. The van der Waals surface area contributed by atoms with Gasteiger partial charge in [-0.05, 0) is 30.5 Å². The molecule has 0 radical (unpaired) electrons. The predicted octanol–water partition coefficient (Wildman–Crippen LogP) is 2.77. The smallest absolute Gasteiger partial charge is 0.224 e. The summed E-state index contributed by atoms with van der Waals surface area (Å²) in [6.45, 7) is 2.64. The lowest BCUT2D eigenvalue weighted by Crippen LogP contribution is -2.27. The molecule has 0 aliphatic rings. The van der Waals surface area contributed by atoms with Crippen LogP contribution in [0.3, 0.4) is 0 Å². The zero-order valence-corrected chi connectivity index (χ0v) is 13.0. The largest absolute Gasteiger partial charge is 0.493 e. The molecule has 0 fully saturated rings. The Balaban J connectivity index is 2.49. The van der Waals surface area contributed by atoms with Crippen LogP contribution in [0.5, 0.6) is 11.5 Å². The predicted molar refractivity (Wildman–Crippen MR) is 80.8 cm³/mol. The van der Waals surface area contributed by atoms with Gasteiger partial charge in [-0.2, -0.15) is 0 Å².